The van der Waals surface area contributed by atoms with Crippen LogP contribution < -0.4 is 15.7 Å². The molecule has 0 aliphatic heterocycles. The summed E-state index contributed by atoms with van der Waals surface area (Å²) in [6, 6.07) is 12.2. The molecule has 1 heterocycles. The van der Waals surface area contributed by atoms with Crippen LogP contribution in [0.3, 0.4) is 0 Å². The molecule has 3 aromatic rings. The van der Waals surface area contributed by atoms with Gasteiger partial charge < -0.3 is 19.2 Å². The summed E-state index contributed by atoms with van der Waals surface area (Å²) in [7, 11) is 0. The Kier molecular flexibility index (Phi) is 6.36. The zero-order valence-corrected chi connectivity index (χ0v) is 18.3. The zero-order valence-electron chi connectivity index (χ0n) is 17.5. The van der Waals surface area contributed by atoms with Gasteiger partial charge in [-0.05, 0) is 51.0 Å². The third-order valence-corrected chi connectivity index (χ3v) is 4.75. The Balaban J connectivity index is 1.88. The van der Waals surface area contributed by atoms with Crippen molar-refractivity contribution < 1.29 is 23.5 Å². The molecule has 0 saturated heterocycles. The second-order valence-corrected chi connectivity index (χ2v) is 8.28. The molecule has 1 amide bonds. The molecule has 0 aliphatic carbocycles. The number of alkyl carbamates (subject to hydrolysis) is 1. The smallest absolute Gasteiger partial charge is 0.408 e. The van der Waals surface area contributed by atoms with E-state index in [2.05, 4.69) is 5.32 Å². The number of halogens is 1. The summed E-state index contributed by atoms with van der Waals surface area (Å²) in [6.07, 6.45) is -0.756. The number of nitrogens with one attached hydrogen (secondary N) is 1. The molecule has 0 bridgehead atoms. The highest BCUT2D eigenvalue weighted by Crippen LogP contribution is 2.27. The minimum Gasteiger partial charge on any atom is -0.444 e. The lowest BCUT2D eigenvalue weighted by atomic mass is 10.1. The fraction of sp³-hybridized carbons (Fsp3) is 0.261. The highest BCUT2D eigenvalue weighted by molar-refractivity contribution is 6.31. The van der Waals surface area contributed by atoms with E-state index in [1.807, 2.05) is 0 Å². The van der Waals surface area contributed by atoms with Crippen LogP contribution in [0.2, 0.25) is 5.02 Å². The van der Waals surface area contributed by atoms with Crippen LogP contribution in [0.1, 0.15) is 37.9 Å². The molecule has 1 unspecified atom stereocenters. The number of hydrogen-bond donors (Lipinski definition) is 1. The number of ether oxygens (including phenoxy) is 2. The number of rotatable bonds is 4. The van der Waals surface area contributed by atoms with Gasteiger partial charge in [0.2, 0.25) is 0 Å². The number of hydrogen-bond acceptors (Lipinski definition) is 6. The van der Waals surface area contributed by atoms with E-state index < -0.39 is 29.3 Å². The fourth-order valence-corrected chi connectivity index (χ4v) is 3.04. The van der Waals surface area contributed by atoms with E-state index in [1.165, 1.54) is 6.07 Å². The van der Waals surface area contributed by atoms with Crippen LogP contribution in [0.25, 0.3) is 11.0 Å². The van der Waals surface area contributed by atoms with Gasteiger partial charge in [-0.3, -0.25) is 0 Å². The molecule has 8 heteroatoms. The molecular weight excluding hydrogens is 422 g/mol. The molecule has 0 radical (unpaired) electrons. The van der Waals surface area contributed by atoms with Crippen molar-refractivity contribution in [1.82, 2.24) is 5.32 Å². The first-order valence-corrected chi connectivity index (χ1v) is 9.92. The summed E-state index contributed by atoms with van der Waals surface area (Å²) in [5.74, 6) is -0.585. The summed E-state index contributed by atoms with van der Waals surface area (Å²) in [6.45, 7) is 6.86. The molecule has 1 aromatic heterocycles. The summed E-state index contributed by atoms with van der Waals surface area (Å²) >= 11 is 5.94. The van der Waals surface area contributed by atoms with Gasteiger partial charge in [0.15, 0.2) is 6.04 Å². The Morgan fingerprint density at radius 2 is 1.77 bits per heavy atom. The van der Waals surface area contributed by atoms with E-state index in [0.717, 1.165) is 0 Å². The quantitative estimate of drug-likeness (QED) is 0.349. The van der Waals surface area contributed by atoms with E-state index in [-0.39, 0.29) is 16.4 Å². The molecular formula is C23H22ClNO6. The number of fused-ring (bicyclic) bond motifs is 1. The largest absolute Gasteiger partial charge is 0.444 e. The predicted octanol–water partition coefficient (Wildman–Crippen LogP) is 4.93. The Morgan fingerprint density at radius 1 is 1.10 bits per heavy atom. The standard InChI is InChI=1S/C23H22ClNO6/c1-13-16-11-10-15(12-17(16)30-20(26)18(13)24)29-21(27)19(14-8-6-5-7-9-14)25-22(28)31-23(2,3)4/h5-12,19H,1-4H3,(H,25,28). The van der Waals surface area contributed by atoms with Gasteiger partial charge >= 0.3 is 17.7 Å². The fourth-order valence-electron chi connectivity index (χ4n) is 2.90. The number of carbonyl (C=O) groups excluding carboxylic acids is 2. The van der Waals surface area contributed by atoms with E-state index >= 15 is 0 Å². The van der Waals surface area contributed by atoms with E-state index in [9.17, 15) is 14.4 Å². The monoisotopic (exact) mass is 443 g/mol. The summed E-state index contributed by atoms with van der Waals surface area (Å²) in [5.41, 5.74) is -0.0881. The summed E-state index contributed by atoms with van der Waals surface area (Å²) in [5, 5.41) is 3.17. The SMILES string of the molecule is Cc1c(Cl)c(=O)oc2cc(OC(=O)C(NC(=O)OC(C)(C)C)c3ccccc3)ccc12. The average molecular weight is 444 g/mol. The third-order valence-electron chi connectivity index (χ3n) is 4.32. The van der Waals surface area contributed by atoms with E-state index in [1.54, 1.807) is 70.2 Å². The van der Waals surface area contributed by atoms with Crippen molar-refractivity contribution in [3.05, 3.63) is 75.1 Å². The van der Waals surface area contributed by atoms with Crippen molar-refractivity contribution in [3.63, 3.8) is 0 Å². The Hall–Kier alpha value is -3.32. The third kappa shape index (κ3) is 5.44. The van der Waals surface area contributed by atoms with Crippen LogP contribution in [0.4, 0.5) is 4.79 Å². The summed E-state index contributed by atoms with van der Waals surface area (Å²) < 4.78 is 15.9. The molecule has 0 spiro atoms. The molecule has 162 valence electrons. The zero-order chi connectivity index (χ0) is 22.8. The van der Waals surface area contributed by atoms with Crippen LogP contribution >= 0.6 is 11.6 Å². The first-order chi connectivity index (χ1) is 14.5. The second-order valence-electron chi connectivity index (χ2n) is 7.90. The first-order valence-electron chi connectivity index (χ1n) is 9.54. The van der Waals surface area contributed by atoms with Crippen LogP contribution in [0, 0.1) is 6.92 Å². The van der Waals surface area contributed by atoms with Gasteiger partial charge in [-0.15, -0.1) is 0 Å². The van der Waals surface area contributed by atoms with Crippen LogP contribution in [0.15, 0.2) is 57.7 Å². The van der Waals surface area contributed by atoms with Crippen molar-refractivity contribution in [1.29, 1.82) is 0 Å². The Morgan fingerprint density at radius 3 is 2.42 bits per heavy atom. The van der Waals surface area contributed by atoms with Gasteiger partial charge in [0.25, 0.3) is 0 Å². The molecule has 2 aromatic carbocycles. The Labute approximate surface area is 183 Å². The van der Waals surface area contributed by atoms with Crippen LogP contribution in [-0.2, 0) is 9.53 Å². The Bertz CT molecular complexity index is 1180. The normalized spacial score (nSPS) is 12.3. The van der Waals surface area contributed by atoms with Crippen LogP contribution in [-0.4, -0.2) is 17.7 Å². The lowest BCUT2D eigenvalue weighted by Gasteiger charge is -2.23. The second kappa shape index (κ2) is 8.81. The van der Waals surface area contributed by atoms with Gasteiger partial charge in [0.05, 0.1) is 0 Å². The minimum atomic E-state index is -1.11. The van der Waals surface area contributed by atoms with Gasteiger partial charge in [0.1, 0.15) is 22.0 Å². The topological polar surface area (TPSA) is 94.8 Å². The highest BCUT2D eigenvalue weighted by Gasteiger charge is 2.27. The molecule has 1 atom stereocenters. The molecule has 1 N–H and O–H groups in total. The highest BCUT2D eigenvalue weighted by atomic mass is 35.5. The average Bonchev–Trinajstić information content (AvgIpc) is 2.69. The number of carbonyl (C=O) groups is 2. The van der Waals surface area contributed by atoms with E-state index in [4.69, 9.17) is 25.5 Å². The van der Waals surface area contributed by atoms with Gasteiger partial charge in [-0.1, -0.05) is 41.9 Å². The molecule has 7 nitrogen and oxygen atoms in total. The van der Waals surface area contributed by atoms with Crippen molar-refractivity contribution in [3.8, 4) is 5.75 Å². The first kappa shape index (κ1) is 22.4. The molecule has 0 fully saturated rings. The van der Waals surface area contributed by atoms with Crippen molar-refractivity contribution in [2.45, 2.75) is 39.3 Å². The maximum atomic E-state index is 12.9. The maximum absolute atomic E-state index is 12.9. The summed E-state index contributed by atoms with van der Waals surface area (Å²) in [4.78, 5) is 37.1. The molecule has 0 saturated carbocycles. The van der Waals surface area contributed by atoms with Gasteiger partial charge in [0, 0.05) is 11.5 Å². The van der Waals surface area contributed by atoms with Gasteiger partial charge in [-0.25, -0.2) is 14.4 Å². The molecule has 3 rings (SSSR count). The van der Waals surface area contributed by atoms with Crippen molar-refractivity contribution in [2.75, 3.05) is 0 Å². The lowest BCUT2D eigenvalue weighted by Crippen LogP contribution is -2.39. The van der Waals surface area contributed by atoms with Crippen LogP contribution in [0.5, 0.6) is 5.75 Å². The number of amides is 1. The van der Waals surface area contributed by atoms with Crippen molar-refractivity contribution >= 4 is 34.6 Å². The van der Waals surface area contributed by atoms with E-state index in [0.29, 0.717) is 16.5 Å². The molecule has 31 heavy (non-hydrogen) atoms. The minimum absolute atomic E-state index is 0.00273. The maximum Gasteiger partial charge on any atom is 0.408 e. The lowest BCUT2D eigenvalue weighted by molar-refractivity contribution is -0.137. The van der Waals surface area contributed by atoms with Crippen molar-refractivity contribution in [2.24, 2.45) is 0 Å². The molecule has 0 aliphatic rings. The van der Waals surface area contributed by atoms with Gasteiger partial charge in [-0.2, -0.15) is 0 Å². The predicted molar refractivity (Wildman–Crippen MR) is 116 cm³/mol. The number of benzene rings is 2. The number of esters is 1. The number of aryl methyl sites for hydroxylation is 1.